The number of hydrogen-bond donors (Lipinski definition) is 0. The number of carbonyl (C=O) groups excluding carboxylic acids is 1. The van der Waals surface area contributed by atoms with E-state index in [-0.39, 0.29) is 5.41 Å². The summed E-state index contributed by atoms with van der Waals surface area (Å²) in [6.45, 7) is 8.33. The molecule has 2 rings (SSSR count). The molecular weight excluding hydrogens is 238 g/mol. The van der Waals surface area contributed by atoms with E-state index < -0.39 is 0 Å². The maximum absolute atomic E-state index is 11.6. The molecule has 0 aromatic rings. The first-order valence-corrected chi connectivity index (χ1v) is 7.98. The van der Waals surface area contributed by atoms with Gasteiger partial charge < -0.3 is 14.4 Å². The number of aldehydes is 1. The molecule has 1 saturated heterocycles. The van der Waals surface area contributed by atoms with Crippen LogP contribution in [-0.2, 0) is 9.53 Å². The van der Waals surface area contributed by atoms with Crippen molar-refractivity contribution in [3.63, 3.8) is 0 Å². The summed E-state index contributed by atoms with van der Waals surface area (Å²) in [4.78, 5) is 14.1. The van der Waals surface area contributed by atoms with Gasteiger partial charge in [0.05, 0.1) is 6.10 Å². The predicted molar refractivity (Wildman–Crippen MR) is 77.2 cm³/mol. The maximum atomic E-state index is 11.6. The van der Waals surface area contributed by atoms with Crippen LogP contribution in [0.4, 0.5) is 0 Å². The highest BCUT2D eigenvalue weighted by Gasteiger charge is 2.37. The van der Waals surface area contributed by atoms with Crippen LogP contribution in [0.25, 0.3) is 0 Å². The molecule has 0 aromatic heterocycles. The second kappa shape index (κ2) is 6.85. The van der Waals surface area contributed by atoms with E-state index in [0.717, 1.165) is 51.9 Å². The summed E-state index contributed by atoms with van der Waals surface area (Å²) >= 11 is 0. The molecule has 0 radical (unpaired) electrons. The van der Waals surface area contributed by atoms with Crippen LogP contribution in [0.3, 0.4) is 0 Å². The average molecular weight is 267 g/mol. The fourth-order valence-corrected chi connectivity index (χ4v) is 3.90. The molecule has 2 fully saturated rings. The van der Waals surface area contributed by atoms with E-state index in [0.29, 0.717) is 12.0 Å². The molecule has 1 aliphatic carbocycles. The van der Waals surface area contributed by atoms with E-state index in [1.54, 1.807) is 0 Å². The van der Waals surface area contributed by atoms with Gasteiger partial charge in [-0.25, -0.2) is 0 Å². The molecule has 2 atom stereocenters. The number of carbonyl (C=O) groups is 1. The molecule has 2 aliphatic rings. The quantitative estimate of drug-likeness (QED) is 0.717. The fraction of sp³-hybridized carbons (Fsp3) is 0.938. The van der Waals surface area contributed by atoms with Crippen molar-refractivity contribution in [2.45, 2.75) is 58.5 Å². The molecule has 19 heavy (non-hydrogen) atoms. The van der Waals surface area contributed by atoms with Crippen molar-refractivity contribution in [3.05, 3.63) is 0 Å². The van der Waals surface area contributed by atoms with Crippen LogP contribution in [0, 0.1) is 11.3 Å². The van der Waals surface area contributed by atoms with Gasteiger partial charge in [-0.05, 0) is 38.5 Å². The number of ether oxygens (including phenoxy) is 1. The van der Waals surface area contributed by atoms with Crippen LogP contribution in [0.5, 0.6) is 0 Å². The van der Waals surface area contributed by atoms with Crippen molar-refractivity contribution >= 4 is 6.29 Å². The Balaban J connectivity index is 1.84. The summed E-state index contributed by atoms with van der Waals surface area (Å²) in [7, 11) is 0. The molecule has 2 unspecified atom stereocenters. The third-order valence-corrected chi connectivity index (χ3v) is 4.85. The zero-order valence-corrected chi connectivity index (χ0v) is 12.6. The van der Waals surface area contributed by atoms with Gasteiger partial charge in [0.25, 0.3) is 0 Å². The normalized spacial score (nSPS) is 34.3. The van der Waals surface area contributed by atoms with Gasteiger partial charge in [-0.1, -0.05) is 19.8 Å². The second-order valence-electron chi connectivity index (χ2n) is 6.61. The molecule has 0 bridgehead atoms. The first-order valence-electron chi connectivity index (χ1n) is 7.98. The van der Waals surface area contributed by atoms with E-state index in [2.05, 4.69) is 18.7 Å². The van der Waals surface area contributed by atoms with Gasteiger partial charge in [-0.2, -0.15) is 0 Å². The number of piperidine rings is 1. The van der Waals surface area contributed by atoms with Crippen LogP contribution in [0.1, 0.15) is 52.4 Å². The third kappa shape index (κ3) is 4.03. The molecule has 1 saturated carbocycles. The van der Waals surface area contributed by atoms with Gasteiger partial charge in [0.2, 0.25) is 0 Å². The molecule has 1 heterocycles. The Labute approximate surface area is 117 Å². The molecule has 1 aliphatic heterocycles. The molecule has 3 nitrogen and oxygen atoms in total. The minimum atomic E-state index is -0.0594. The number of hydrogen-bond acceptors (Lipinski definition) is 3. The Hall–Kier alpha value is -0.410. The highest BCUT2D eigenvalue weighted by molar-refractivity contribution is 5.60. The van der Waals surface area contributed by atoms with Crippen LogP contribution in [0.15, 0.2) is 0 Å². The van der Waals surface area contributed by atoms with Crippen molar-refractivity contribution in [2.24, 2.45) is 11.3 Å². The topological polar surface area (TPSA) is 29.5 Å². The predicted octanol–water partition coefficient (Wildman–Crippen LogP) is 2.88. The van der Waals surface area contributed by atoms with Crippen molar-refractivity contribution < 1.29 is 9.53 Å². The number of rotatable bonds is 5. The van der Waals surface area contributed by atoms with Crippen LogP contribution in [-0.4, -0.2) is 43.5 Å². The Morgan fingerprint density at radius 3 is 2.63 bits per heavy atom. The van der Waals surface area contributed by atoms with Crippen molar-refractivity contribution in [2.75, 3.05) is 26.2 Å². The summed E-state index contributed by atoms with van der Waals surface area (Å²) in [6, 6.07) is 0. The Morgan fingerprint density at radius 2 is 2.05 bits per heavy atom. The first-order chi connectivity index (χ1) is 9.17. The largest absolute Gasteiger partial charge is 0.378 e. The zero-order chi connectivity index (χ0) is 13.7. The van der Waals surface area contributed by atoms with Crippen molar-refractivity contribution in [1.29, 1.82) is 0 Å². The highest BCUT2D eigenvalue weighted by Crippen LogP contribution is 2.38. The lowest BCUT2D eigenvalue weighted by molar-refractivity contribution is -0.120. The molecule has 3 heteroatoms. The first kappa shape index (κ1) is 15.0. The summed E-state index contributed by atoms with van der Waals surface area (Å²) in [5.41, 5.74) is -0.0594. The molecule has 0 amide bonds. The highest BCUT2D eigenvalue weighted by atomic mass is 16.5. The average Bonchev–Trinajstić information content (AvgIpc) is 2.41. The Bertz CT molecular complexity index is 286. The van der Waals surface area contributed by atoms with Gasteiger partial charge in [0, 0.05) is 31.7 Å². The minimum absolute atomic E-state index is 0.0594. The number of nitrogens with zero attached hydrogens (tertiary/aromatic N) is 1. The van der Waals surface area contributed by atoms with Gasteiger partial charge in [0.15, 0.2) is 0 Å². The van der Waals surface area contributed by atoms with E-state index in [1.165, 1.54) is 19.1 Å². The molecular formula is C16H29NO2. The minimum Gasteiger partial charge on any atom is -0.378 e. The van der Waals surface area contributed by atoms with E-state index in [1.807, 2.05) is 0 Å². The van der Waals surface area contributed by atoms with Gasteiger partial charge in [0.1, 0.15) is 6.29 Å². The molecule has 110 valence electrons. The standard InChI is InChI=1S/C16H29NO2/c1-3-19-15-6-9-17(10-7-15)12-16(13-18)8-4-5-14(2)11-16/h13-15H,3-12H2,1-2H3. The summed E-state index contributed by atoms with van der Waals surface area (Å²) < 4.78 is 5.69. The molecule has 0 spiro atoms. The van der Waals surface area contributed by atoms with Crippen LogP contribution in [0.2, 0.25) is 0 Å². The molecule has 0 aromatic carbocycles. The van der Waals surface area contributed by atoms with Crippen molar-refractivity contribution in [3.8, 4) is 0 Å². The zero-order valence-electron chi connectivity index (χ0n) is 12.6. The number of likely N-dealkylation sites (tertiary alicyclic amines) is 1. The third-order valence-electron chi connectivity index (χ3n) is 4.85. The lowest BCUT2D eigenvalue weighted by Gasteiger charge is -2.41. The van der Waals surface area contributed by atoms with E-state index >= 15 is 0 Å². The molecule has 0 N–H and O–H groups in total. The van der Waals surface area contributed by atoms with E-state index in [4.69, 9.17) is 4.74 Å². The van der Waals surface area contributed by atoms with Crippen LogP contribution < -0.4 is 0 Å². The second-order valence-corrected chi connectivity index (χ2v) is 6.61. The van der Waals surface area contributed by atoms with Crippen LogP contribution >= 0.6 is 0 Å². The lowest BCUT2D eigenvalue weighted by atomic mass is 9.70. The van der Waals surface area contributed by atoms with Gasteiger partial charge in [-0.15, -0.1) is 0 Å². The summed E-state index contributed by atoms with van der Waals surface area (Å²) in [6.07, 6.45) is 8.64. The maximum Gasteiger partial charge on any atom is 0.127 e. The van der Waals surface area contributed by atoms with Crippen molar-refractivity contribution in [1.82, 2.24) is 4.90 Å². The summed E-state index contributed by atoms with van der Waals surface area (Å²) in [5.74, 6) is 0.708. The SMILES string of the molecule is CCOC1CCN(CC2(C=O)CCCC(C)C2)CC1. The van der Waals surface area contributed by atoms with Gasteiger partial charge >= 0.3 is 0 Å². The monoisotopic (exact) mass is 267 g/mol. The summed E-state index contributed by atoms with van der Waals surface area (Å²) in [5, 5.41) is 0. The fourth-order valence-electron chi connectivity index (χ4n) is 3.90. The van der Waals surface area contributed by atoms with E-state index in [9.17, 15) is 4.79 Å². The Kier molecular flexibility index (Phi) is 5.40. The smallest absolute Gasteiger partial charge is 0.127 e. The lowest BCUT2D eigenvalue weighted by Crippen LogP contribution is -2.46. The van der Waals surface area contributed by atoms with Gasteiger partial charge in [-0.3, -0.25) is 0 Å². The Morgan fingerprint density at radius 1 is 1.32 bits per heavy atom.